The number of rotatable bonds is 3. The van der Waals surface area contributed by atoms with Gasteiger partial charge in [0.1, 0.15) is 5.69 Å². The Morgan fingerprint density at radius 1 is 1.11 bits per heavy atom. The molecule has 18 heavy (non-hydrogen) atoms. The van der Waals surface area contributed by atoms with Gasteiger partial charge in [0.2, 0.25) is 5.95 Å². The lowest BCUT2D eigenvalue weighted by molar-refractivity contribution is 1.08. The van der Waals surface area contributed by atoms with Crippen LogP contribution in [0.15, 0.2) is 17.5 Å². The summed E-state index contributed by atoms with van der Waals surface area (Å²) in [6.45, 7) is 0.639. The van der Waals surface area contributed by atoms with Crippen molar-refractivity contribution in [3.63, 3.8) is 0 Å². The molecular formula is C9H14Cl2N6S. The highest BCUT2D eigenvalue weighted by molar-refractivity contribution is 7.09. The standard InChI is InChI=1S/C9H12N6S.2ClH/c10-6-7(11)14-9(15-8(6)12)13-4-5-2-1-3-16-5;;/h1-3H,4,10H2,(H5,11,12,13,14,15);2*1H. The third-order valence-corrected chi connectivity index (χ3v) is 2.88. The fourth-order valence-electron chi connectivity index (χ4n) is 1.16. The predicted molar refractivity (Wildman–Crippen MR) is 81.4 cm³/mol. The molecule has 0 atom stereocenters. The average molecular weight is 309 g/mol. The number of nitrogens with one attached hydrogen (secondary N) is 1. The Labute approximate surface area is 121 Å². The maximum absolute atomic E-state index is 5.58. The quantitative estimate of drug-likeness (QED) is 0.686. The van der Waals surface area contributed by atoms with Gasteiger partial charge in [-0.25, -0.2) is 0 Å². The molecule has 0 aliphatic heterocycles. The van der Waals surface area contributed by atoms with Crippen LogP contribution in [0.4, 0.5) is 23.3 Å². The second-order valence-electron chi connectivity index (χ2n) is 3.16. The molecule has 0 aromatic carbocycles. The maximum atomic E-state index is 5.58. The van der Waals surface area contributed by atoms with Crippen molar-refractivity contribution in [1.82, 2.24) is 9.97 Å². The van der Waals surface area contributed by atoms with Crippen LogP contribution in [0.2, 0.25) is 0 Å². The highest BCUT2D eigenvalue weighted by atomic mass is 35.5. The molecule has 2 rings (SSSR count). The van der Waals surface area contributed by atoms with Crippen LogP contribution in [-0.4, -0.2) is 9.97 Å². The van der Waals surface area contributed by atoms with Crippen molar-refractivity contribution in [2.45, 2.75) is 6.54 Å². The lowest BCUT2D eigenvalue weighted by atomic mass is 10.4. The molecule has 0 saturated carbocycles. The van der Waals surface area contributed by atoms with E-state index in [1.54, 1.807) is 11.3 Å². The van der Waals surface area contributed by atoms with Crippen LogP contribution in [0.5, 0.6) is 0 Å². The normalized spacial score (nSPS) is 9.11. The van der Waals surface area contributed by atoms with E-state index in [0.29, 0.717) is 12.5 Å². The van der Waals surface area contributed by atoms with Crippen molar-refractivity contribution in [2.75, 3.05) is 22.5 Å². The lowest BCUT2D eigenvalue weighted by Crippen LogP contribution is -2.09. The smallest absolute Gasteiger partial charge is 0.227 e. The summed E-state index contributed by atoms with van der Waals surface area (Å²) in [5, 5.41) is 5.03. The van der Waals surface area contributed by atoms with Crippen LogP contribution in [0.1, 0.15) is 4.88 Å². The van der Waals surface area contributed by atoms with Crippen molar-refractivity contribution in [1.29, 1.82) is 0 Å². The topological polar surface area (TPSA) is 116 Å². The van der Waals surface area contributed by atoms with Crippen LogP contribution in [0.25, 0.3) is 0 Å². The number of anilines is 4. The average Bonchev–Trinajstić information content (AvgIpc) is 2.75. The first-order valence-corrected chi connectivity index (χ1v) is 5.49. The monoisotopic (exact) mass is 308 g/mol. The number of hydrogen-bond donors (Lipinski definition) is 4. The zero-order valence-corrected chi connectivity index (χ0v) is 11.7. The number of thiophene rings is 1. The molecule has 2 aromatic heterocycles. The van der Waals surface area contributed by atoms with Crippen molar-refractivity contribution < 1.29 is 0 Å². The molecule has 0 aliphatic carbocycles. The van der Waals surface area contributed by atoms with Crippen molar-refractivity contribution >= 4 is 59.4 Å². The van der Waals surface area contributed by atoms with Crippen LogP contribution >= 0.6 is 36.2 Å². The van der Waals surface area contributed by atoms with E-state index in [9.17, 15) is 0 Å². The Bertz CT molecular complexity index is 467. The third kappa shape index (κ3) is 3.80. The lowest BCUT2D eigenvalue weighted by Gasteiger charge is -2.07. The van der Waals surface area contributed by atoms with E-state index in [0.717, 1.165) is 0 Å². The van der Waals surface area contributed by atoms with Gasteiger partial charge in [0.15, 0.2) is 11.6 Å². The zero-order valence-electron chi connectivity index (χ0n) is 9.29. The van der Waals surface area contributed by atoms with Crippen LogP contribution in [0.3, 0.4) is 0 Å². The number of halogens is 2. The van der Waals surface area contributed by atoms with Gasteiger partial charge in [-0.15, -0.1) is 36.2 Å². The van der Waals surface area contributed by atoms with E-state index < -0.39 is 0 Å². The van der Waals surface area contributed by atoms with E-state index in [-0.39, 0.29) is 42.1 Å². The van der Waals surface area contributed by atoms with Gasteiger partial charge in [0.25, 0.3) is 0 Å². The van der Waals surface area contributed by atoms with E-state index in [1.165, 1.54) is 4.88 Å². The Kier molecular flexibility index (Phi) is 6.53. The SMILES string of the molecule is Cl.Cl.Nc1nc(NCc2cccs2)nc(N)c1N. The number of aromatic nitrogens is 2. The highest BCUT2D eigenvalue weighted by Gasteiger charge is 2.06. The molecule has 2 aromatic rings. The van der Waals surface area contributed by atoms with Crippen LogP contribution in [0, 0.1) is 0 Å². The third-order valence-electron chi connectivity index (χ3n) is 2.01. The molecule has 7 N–H and O–H groups in total. The maximum Gasteiger partial charge on any atom is 0.227 e. The summed E-state index contributed by atoms with van der Waals surface area (Å²) in [5.41, 5.74) is 16.9. The van der Waals surface area contributed by atoms with Gasteiger partial charge in [-0.05, 0) is 11.4 Å². The van der Waals surface area contributed by atoms with Gasteiger partial charge in [-0.2, -0.15) is 9.97 Å². The Hall–Kier alpha value is -1.44. The fourth-order valence-corrected chi connectivity index (χ4v) is 1.81. The van der Waals surface area contributed by atoms with E-state index in [4.69, 9.17) is 17.2 Å². The molecule has 0 spiro atoms. The van der Waals surface area contributed by atoms with Gasteiger partial charge < -0.3 is 22.5 Å². The Morgan fingerprint density at radius 2 is 1.72 bits per heavy atom. The fraction of sp³-hybridized carbons (Fsp3) is 0.111. The van der Waals surface area contributed by atoms with E-state index in [1.807, 2.05) is 17.5 Å². The molecule has 0 radical (unpaired) electrons. The number of hydrogen-bond acceptors (Lipinski definition) is 7. The molecule has 100 valence electrons. The number of nitrogens with zero attached hydrogens (tertiary/aromatic N) is 2. The molecule has 0 amide bonds. The van der Waals surface area contributed by atoms with Gasteiger partial charge in [-0.3, -0.25) is 0 Å². The second kappa shape index (κ2) is 7.10. The van der Waals surface area contributed by atoms with Crippen molar-refractivity contribution in [3.8, 4) is 0 Å². The van der Waals surface area contributed by atoms with Crippen LogP contribution < -0.4 is 22.5 Å². The van der Waals surface area contributed by atoms with E-state index >= 15 is 0 Å². The Morgan fingerprint density at radius 3 is 2.22 bits per heavy atom. The van der Waals surface area contributed by atoms with Crippen molar-refractivity contribution in [2.24, 2.45) is 0 Å². The molecule has 0 fully saturated rings. The molecular weight excluding hydrogens is 295 g/mol. The second-order valence-corrected chi connectivity index (χ2v) is 4.20. The summed E-state index contributed by atoms with van der Waals surface area (Å²) in [5.74, 6) is 0.778. The van der Waals surface area contributed by atoms with Crippen LogP contribution in [-0.2, 0) is 6.54 Å². The summed E-state index contributed by atoms with van der Waals surface area (Å²) in [6, 6.07) is 4.00. The summed E-state index contributed by atoms with van der Waals surface area (Å²) in [4.78, 5) is 9.15. The van der Waals surface area contributed by atoms with Gasteiger partial charge in [-0.1, -0.05) is 6.07 Å². The molecule has 6 nitrogen and oxygen atoms in total. The van der Waals surface area contributed by atoms with E-state index in [2.05, 4.69) is 15.3 Å². The van der Waals surface area contributed by atoms with Gasteiger partial charge in [0, 0.05) is 4.88 Å². The first kappa shape index (κ1) is 16.6. The summed E-state index contributed by atoms with van der Waals surface area (Å²) in [7, 11) is 0. The largest absolute Gasteiger partial charge is 0.393 e. The van der Waals surface area contributed by atoms with Gasteiger partial charge >= 0.3 is 0 Å². The molecule has 0 unspecified atom stereocenters. The first-order valence-electron chi connectivity index (χ1n) is 4.61. The Balaban J connectivity index is 0.00000144. The highest BCUT2D eigenvalue weighted by Crippen LogP contribution is 2.20. The predicted octanol–water partition coefficient (Wildman–Crippen LogP) is 1.74. The minimum atomic E-state index is 0. The number of nitrogens with two attached hydrogens (primary N) is 3. The molecule has 2 heterocycles. The molecule has 0 aliphatic rings. The minimum Gasteiger partial charge on any atom is -0.393 e. The van der Waals surface area contributed by atoms with Crippen molar-refractivity contribution in [3.05, 3.63) is 22.4 Å². The molecule has 0 saturated heterocycles. The molecule has 9 heteroatoms. The zero-order chi connectivity index (χ0) is 11.5. The van der Waals surface area contributed by atoms with Gasteiger partial charge in [0.05, 0.1) is 6.54 Å². The summed E-state index contributed by atoms with van der Waals surface area (Å²) < 4.78 is 0. The summed E-state index contributed by atoms with van der Waals surface area (Å²) in [6.07, 6.45) is 0. The minimum absolute atomic E-state index is 0. The first-order chi connectivity index (χ1) is 7.66. The summed E-state index contributed by atoms with van der Waals surface area (Å²) >= 11 is 1.65. The number of nitrogen functional groups attached to an aromatic ring is 3. The molecule has 0 bridgehead atoms.